The first-order valence-electron chi connectivity index (χ1n) is 10.6. The lowest BCUT2D eigenvalue weighted by Gasteiger charge is -2.22. The van der Waals surface area contributed by atoms with Crippen molar-refractivity contribution in [1.29, 1.82) is 0 Å². The Labute approximate surface area is 179 Å². The SMILES string of the molecule is Cc1cc(C)c2c(c1)/C=C/C(C)[C@@H]1OC(C)(C)O[C@@H]1C(=O)/C=C\[C@@H](C)[C@H](C)OC2=O. The molecular formula is C25H32O5. The van der Waals surface area contributed by atoms with E-state index in [1.165, 1.54) is 6.08 Å². The van der Waals surface area contributed by atoms with E-state index in [0.29, 0.717) is 5.56 Å². The monoisotopic (exact) mass is 412 g/mol. The summed E-state index contributed by atoms with van der Waals surface area (Å²) < 4.78 is 17.8. The molecule has 0 aromatic heterocycles. The lowest BCUT2D eigenvalue weighted by atomic mass is 9.93. The summed E-state index contributed by atoms with van der Waals surface area (Å²) >= 11 is 0. The zero-order valence-corrected chi connectivity index (χ0v) is 18.9. The van der Waals surface area contributed by atoms with E-state index < -0.39 is 18.0 Å². The first kappa shape index (κ1) is 22.4. The topological polar surface area (TPSA) is 61.8 Å². The van der Waals surface area contributed by atoms with Crippen LogP contribution in [0.25, 0.3) is 6.08 Å². The van der Waals surface area contributed by atoms with Crippen LogP contribution in [0, 0.1) is 25.7 Å². The molecule has 162 valence electrons. The number of carbonyl (C=O) groups is 2. The highest BCUT2D eigenvalue weighted by molar-refractivity contribution is 5.96. The highest BCUT2D eigenvalue weighted by atomic mass is 16.8. The Hall–Kier alpha value is -2.24. The maximum Gasteiger partial charge on any atom is 0.339 e. The smallest absolute Gasteiger partial charge is 0.339 e. The predicted molar refractivity (Wildman–Crippen MR) is 116 cm³/mol. The van der Waals surface area contributed by atoms with Crippen molar-refractivity contribution in [2.24, 2.45) is 11.8 Å². The van der Waals surface area contributed by atoms with Crippen LogP contribution < -0.4 is 0 Å². The van der Waals surface area contributed by atoms with Crippen molar-refractivity contribution in [3.8, 4) is 0 Å². The summed E-state index contributed by atoms with van der Waals surface area (Å²) in [5.41, 5.74) is 3.32. The van der Waals surface area contributed by atoms with Gasteiger partial charge in [-0.15, -0.1) is 0 Å². The molecule has 5 atom stereocenters. The molecule has 30 heavy (non-hydrogen) atoms. The van der Waals surface area contributed by atoms with Crippen molar-refractivity contribution in [2.75, 3.05) is 0 Å². The highest BCUT2D eigenvalue weighted by Crippen LogP contribution is 2.34. The third-order valence-electron chi connectivity index (χ3n) is 5.82. The van der Waals surface area contributed by atoms with E-state index in [9.17, 15) is 9.59 Å². The maximum absolute atomic E-state index is 13.0. The normalized spacial score (nSPS) is 33.8. The number of hydrogen-bond donors (Lipinski definition) is 0. The molecule has 2 aliphatic rings. The van der Waals surface area contributed by atoms with E-state index in [1.807, 2.05) is 72.8 Å². The number of ketones is 1. The molecule has 1 saturated heterocycles. The van der Waals surface area contributed by atoms with Gasteiger partial charge in [-0.3, -0.25) is 4.79 Å². The summed E-state index contributed by atoms with van der Waals surface area (Å²) in [5.74, 6) is -1.55. The maximum atomic E-state index is 13.0. The fourth-order valence-electron chi connectivity index (χ4n) is 4.00. The molecule has 0 spiro atoms. The molecule has 5 heteroatoms. The zero-order chi connectivity index (χ0) is 22.2. The largest absolute Gasteiger partial charge is 0.458 e. The molecule has 2 heterocycles. The first-order chi connectivity index (χ1) is 14.0. The average molecular weight is 413 g/mol. The minimum Gasteiger partial charge on any atom is -0.458 e. The van der Waals surface area contributed by atoms with E-state index in [4.69, 9.17) is 14.2 Å². The van der Waals surface area contributed by atoms with Crippen molar-refractivity contribution in [1.82, 2.24) is 0 Å². The molecule has 0 saturated carbocycles. The number of benzene rings is 1. The average Bonchev–Trinajstić information content (AvgIpc) is 2.98. The zero-order valence-electron chi connectivity index (χ0n) is 18.9. The molecule has 5 nitrogen and oxygen atoms in total. The van der Waals surface area contributed by atoms with Crippen LogP contribution in [0.1, 0.15) is 61.7 Å². The summed E-state index contributed by atoms with van der Waals surface area (Å²) in [4.78, 5) is 25.9. The number of cyclic esters (lactones) is 1. The van der Waals surface area contributed by atoms with Crippen LogP contribution in [0.4, 0.5) is 0 Å². The van der Waals surface area contributed by atoms with Crippen LogP contribution in [-0.4, -0.2) is 35.9 Å². The molecule has 3 rings (SSSR count). The van der Waals surface area contributed by atoms with Gasteiger partial charge < -0.3 is 14.2 Å². The molecule has 0 amide bonds. The third-order valence-corrected chi connectivity index (χ3v) is 5.82. The number of hydrogen-bond acceptors (Lipinski definition) is 5. The van der Waals surface area contributed by atoms with Gasteiger partial charge in [-0.1, -0.05) is 49.8 Å². The predicted octanol–water partition coefficient (Wildman–Crippen LogP) is 4.79. The number of rotatable bonds is 0. The van der Waals surface area contributed by atoms with Gasteiger partial charge in [0.05, 0.1) is 5.56 Å². The molecule has 0 aliphatic carbocycles. The molecule has 1 unspecified atom stereocenters. The summed E-state index contributed by atoms with van der Waals surface area (Å²) in [7, 11) is 0. The van der Waals surface area contributed by atoms with E-state index in [0.717, 1.165) is 16.7 Å². The summed E-state index contributed by atoms with van der Waals surface area (Å²) in [6.45, 7) is 13.3. The minimum atomic E-state index is -0.835. The molecule has 2 aliphatic heterocycles. The number of carbonyl (C=O) groups excluding carboxylic acids is 2. The summed E-state index contributed by atoms with van der Waals surface area (Å²) in [6.07, 6.45) is 5.74. The van der Waals surface area contributed by atoms with Crippen molar-refractivity contribution in [2.45, 2.75) is 72.6 Å². The molecule has 0 N–H and O–H groups in total. The van der Waals surface area contributed by atoms with Gasteiger partial charge in [0.2, 0.25) is 0 Å². The number of aryl methyl sites for hydroxylation is 2. The van der Waals surface area contributed by atoms with E-state index in [-0.39, 0.29) is 29.7 Å². The van der Waals surface area contributed by atoms with E-state index >= 15 is 0 Å². The Bertz CT molecular complexity index is 895. The fourth-order valence-corrected chi connectivity index (χ4v) is 4.00. The second kappa shape index (κ2) is 8.48. The van der Waals surface area contributed by atoms with Crippen LogP contribution >= 0.6 is 0 Å². The number of fused-ring (bicyclic) bond motifs is 2. The second-order valence-corrected chi connectivity index (χ2v) is 9.02. The Morgan fingerprint density at radius 1 is 0.900 bits per heavy atom. The van der Waals surface area contributed by atoms with Gasteiger partial charge in [-0.25, -0.2) is 4.79 Å². The number of esters is 1. The van der Waals surface area contributed by atoms with Gasteiger partial charge in [0.25, 0.3) is 0 Å². The van der Waals surface area contributed by atoms with Gasteiger partial charge in [-0.2, -0.15) is 0 Å². The molecular weight excluding hydrogens is 380 g/mol. The van der Waals surface area contributed by atoms with Gasteiger partial charge in [0, 0.05) is 11.8 Å². The van der Waals surface area contributed by atoms with Gasteiger partial charge in [0.15, 0.2) is 11.6 Å². The second-order valence-electron chi connectivity index (χ2n) is 9.02. The molecule has 1 aromatic rings. The van der Waals surface area contributed by atoms with Crippen molar-refractivity contribution < 1.29 is 23.8 Å². The van der Waals surface area contributed by atoms with Crippen molar-refractivity contribution in [3.05, 3.63) is 52.6 Å². The fraction of sp³-hybridized carbons (Fsp3) is 0.520. The van der Waals surface area contributed by atoms with Crippen molar-refractivity contribution >= 4 is 17.8 Å². The van der Waals surface area contributed by atoms with Crippen LogP contribution in [0.3, 0.4) is 0 Å². The molecule has 1 aromatic carbocycles. The Kier molecular flexibility index (Phi) is 6.34. The quantitative estimate of drug-likeness (QED) is 0.573. The molecule has 0 bridgehead atoms. The lowest BCUT2D eigenvalue weighted by Crippen LogP contribution is -2.34. The first-order valence-corrected chi connectivity index (χ1v) is 10.6. The standard InChI is InChI=1S/C25H32O5/c1-14-12-17(4)21-19(13-14)10-8-16(3)22-23(30-25(6,7)29-22)20(26)11-9-15(2)18(5)28-24(21)27/h8-13,15-16,18,22-23H,1-7H3/b10-8+,11-9-/t15-,16?,18+,22+,23-/m1/s1. The molecule has 1 fully saturated rings. The third kappa shape index (κ3) is 4.73. The summed E-state index contributed by atoms with van der Waals surface area (Å²) in [6, 6.07) is 3.96. The van der Waals surface area contributed by atoms with Crippen LogP contribution in [0.2, 0.25) is 0 Å². The highest BCUT2D eigenvalue weighted by Gasteiger charge is 2.46. The van der Waals surface area contributed by atoms with E-state index in [2.05, 4.69) is 0 Å². The lowest BCUT2D eigenvalue weighted by molar-refractivity contribution is -0.154. The van der Waals surface area contributed by atoms with Gasteiger partial charge in [0.1, 0.15) is 18.3 Å². The Morgan fingerprint density at radius 3 is 2.27 bits per heavy atom. The van der Waals surface area contributed by atoms with Crippen LogP contribution in [0.15, 0.2) is 30.4 Å². The van der Waals surface area contributed by atoms with Crippen LogP contribution in [-0.2, 0) is 19.0 Å². The van der Waals surface area contributed by atoms with E-state index in [1.54, 1.807) is 6.08 Å². The van der Waals surface area contributed by atoms with Gasteiger partial charge >= 0.3 is 5.97 Å². The Balaban J connectivity index is 2.09. The minimum absolute atomic E-state index is 0.0990. The van der Waals surface area contributed by atoms with Crippen molar-refractivity contribution in [3.63, 3.8) is 0 Å². The molecule has 0 radical (unpaired) electrons. The Morgan fingerprint density at radius 2 is 1.57 bits per heavy atom. The van der Waals surface area contributed by atoms with Crippen LogP contribution in [0.5, 0.6) is 0 Å². The number of ether oxygens (including phenoxy) is 3. The summed E-state index contributed by atoms with van der Waals surface area (Å²) in [5, 5.41) is 0. The van der Waals surface area contributed by atoms with Gasteiger partial charge in [-0.05, 0) is 51.8 Å².